The fraction of sp³-hybridized carbons (Fsp3) is 0.111. The van der Waals surface area contributed by atoms with Gasteiger partial charge in [-0.05, 0) is 42.2 Å². The summed E-state index contributed by atoms with van der Waals surface area (Å²) in [6, 6.07) is 14.9. The molecule has 0 aliphatic rings. The van der Waals surface area contributed by atoms with Gasteiger partial charge < -0.3 is 10.1 Å². The normalized spacial score (nSPS) is 10.6. The molecule has 0 radical (unpaired) electrons. The largest absolute Gasteiger partial charge is 0.452 e. The molecule has 124 valence electrons. The van der Waals surface area contributed by atoms with Crippen molar-refractivity contribution >= 4 is 51.3 Å². The van der Waals surface area contributed by atoms with E-state index in [-0.39, 0.29) is 12.5 Å². The number of nitrogens with one attached hydrogen (secondary N) is 1. The molecular weight excluding hydrogens is 390 g/mol. The molecule has 0 atom stereocenters. The van der Waals surface area contributed by atoms with Gasteiger partial charge in [0.25, 0.3) is 5.91 Å². The van der Waals surface area contributed by atoms with Crippen LogP contribution in [0.4, 0.5) is 5.69 Å². The van der Waals surface area contributed by atoms with E-state index in [1.54, 1.807) is 12.1 Å². The van der Waals surface area contributed by atoms with Crippen molar-refractivity contribution in [3.8, 4) is 0 Å². The van der Waals surface area contributed by atoms with Gasteiger partial charge in [-0.25, -0.2) is 4.79 Å². The Labute approximate surface area is 153 Å². The second-order valence-corrected chi connectivity index (χ2v) is 6.51. The van der Waals surface area contributed by atoms with Gasteiger partial charge >= 0.3 is 5.97 Å². The molecule has 0 saturated heterocycles. The fourth-order valence-electron chi connectivity index (χ4n) is 1.89. The summed E-state index contributed by atoms with van der Waals surface area (Å²) in [6.45, 7) is -0.329. The molecule has 0 spiro atoms. The summed E-state index contributed by atoms with van der Waals surface area (Å²) in [5.41, 5.74) is 1.57. The van der Waals surface area contributed by atoms with Crippen LogP contribution in [0.1, 0.15) is 5.56 Å². The van der Waals surface area contributed by atoms with Crippen LogP contribution in [0.25, 0.3) is 6.08 Å². The molecule has 0 aromatic heterocycles. The zero-order valence-corrected chi connectivity index (χ0v) is 15.4. The summed E-state index contributed by atoms with van der Waals surface area (Å²) in [6.07, 6.45) is 4.86. The molecule has 2 rings (SSSR count). The summed E-state index contributed by atoms with van der Waals surface area (Å²) in [5, 5.41) is 2.73. The fourth-order valence-corrected chi connectivity index (χ4v) is 2.86. The predicted octanol–water partition coefficient (Wildman–Crippen LogP) is 4.37. The zero-order valence-electron chi connectivity index (χ0n) is 13.0. The van der Waals surface area contributed by atoms with Gasteiger partial charge in [0.15, 0.2) is 6.61 Å². The van der Waals surface area contributed by atoms with Crippen LogP contribution in [0.5, 0.6) is 0 Å². The number of rotatable bonds is 6. The van der Waals surface area contributed by atoms with Crippen LogP contribution in [-0.2, 0) is 14.3 Å². The summed E-state index contributed by atoms with van der Waals surface area (Å²) in [7, 11) is 0. The summed E-state index contributed by atoms with van der Waals surface area (Å²) < 4.78 is 5.87. The first-order valence-electron chi connectivity index (χ1n) is 7.12. The first kappa shape index (κ1) is 18.3. The average molecular weight is 406 g/mol. The molecule has 0 fully saturated rings. The van der Waals surface area contributed by atoms with Crippen LogP contribution < -0.4 is 5.32 Å². The highest BCUT2D eigenvalue weighted by atomic mass is 79.9. The van der Waals surface area contributed by atoms with Crippen molar-refractivity contribution in [3.63, 3.8) is 0 Å². The molecule has 0 unspecified atom stereocenters. The topological polar surface area (TPSA) is 55.4 Å². The minimum atomic E-state index is -0.566. The smallest absolute Gasteiger partial charge is 0.331 e. The maximum Gasteiger partial charge on any atom is 0.331 e. The number of esters is 1. The molecule has 0 saturated carbocycles. The van der Waals surface area contributed by atoms with Gasteiger partial charge in [0.2, 0.25) is 0 Å². The molecule has 2 aromatic carbocycles. The van der Waals surface area contributed by atoms with Crippen molar-refractivity contribution in [3.05, 3.63) is 64.6 Å². The third-order valence-electron chi connectivity index (χ3n) is 2.99. The minimum Gasteiger partial charge on any atom is -0.452 e. The quantitative estimate of drug-likeness (QED) is 0.440. The predicted molar refractivity (Wildman–Crippen MR) is 101 cm³/mol. The molecule has 0 aliphatic carbocycles. The maximum atomic E-state index is 11.9. The lowest BCUT2D eigenvalue weighted by Crippen LogP contribution is -2.20. The van der Waals surface area contributed by atoms with E-state index in [1.807, 2.05) is 48.7 Å². The minimum absolute atomic E-state index is 0.329. The molecule has 0 aliphatic heterocycles. The Balaban J connectivity index is 1.84. The number of anilines is 1. The lowest BCUT2D eigenvalue weighted by Gasteiger charge is -2.08. The van der Waals surface area contributed by atoms with Crippen LogP contribution in [0.15, 0.2) is 64.0 Å². The van der Waals surface area contributed by atoms with E-state index >= 15 is 0 Å². The van der Waals surface area contributed by atoms with Crippen molar-refractivity contribution in [1.29, 1.82) is 0 Å². The van der Waals surface area contributed by atoms with Crippen LogP contribution in [-0.4, -0.2) is 24.7 Å². The number of carbonyl (C=O) groups is 2. The van der Waals surface area contributed by atoms with E-state index in [0.29, 0.717) is 5.69 Å². The highest BCUT2D eigenvalue weighted by Gasteiger charge is 2.08. The van der Waals surface area contributed by atoms with Crippen molar-refractivity contribution in [2.45, 2.75) is 4.90 Å². The van der Waals surface area contributed by atoms with Gasteiger partial charge in [0.05, 0.1) is 5.69 Å². The highest BCUT2D eigenvalue weighted by molar-refractivity contribution is 9.10. The van der Waals surface area contributed by atoms with Crippen molar-refractivity contribution in [1.82, 2.24) is 0 Å². The lowest BCUT2D eigenvalue weighted by atomic mass is 10.2. The molecule has 24 heavy (non-hydrogen) atoms. The number of amides is 1. The standard InChI is InChI=1S/C18H16BrNO3S/c1-24-16-8-3-2-7-15(16)20-17(21)12-23-18(22)10-9-13-5-4-6-14(19)11-13/h2-11H,12H2,1H3,(H,20,21)/b10-9+. The molecule has 1 N–H and O–H groups in total. The molecule has 0 heterocycles. The lowest BCUT2D eigenvalue weighted by molar-refractivity contribution is -0.142. The molecule has 0 bridgehead atoms. The van der Waals surface area contributed by atoms with Gasteiger partial charge in [-0.15, -0.1) is 11.8 Å². The molecular formula is C18H16BrNO3S. The Morgan fingerprint density at radius 2 is 2.00 bits per heavy atom. The number of benzene rings is 2. The van der Waals surface area contributed by atoms with Crippen molar-refractivity contribution in [2.75, 3.05) is 18.2 Å². The summed E-state index contributed by atoms with van der Waals surface area (Å²) in [4.78, 5) is 24.5. The maximum absolute atomic E-state index is 11.9. The van der Waals surface area contributed by atoms with E-state index in [0.717, 1.165) is 14.9 Å². The Hall–Kier alpha value is -2.05. The van der Waals surface area contributed by atoms with E-state index in [2.05, 4.69) is 21.2 Å². The Morgan fingerprint density at radius 3 is 2.75 bits per heavy atom. The molecule has 1 amide bonds. The molecule has 2 aromatic rings. The van der Waals surface area contributed by atoms with Crippen molar-refractivity contribution < 1.29 is 14.3 Å². The second-order valence-electron chi connectivity index (χ2n) is 4.74. The number of para-hydroxylation sites is 1. The number of hydrogen-bond acceptors (Lipinski definition) is 4. The van der Waals surface area contributed by atoms with Crippen LogP contribution in [0, 0.1) is 0 Å². The van der Waals surface area contributed by atoms with Crippen molar-refractivity contribution in [2.24, 2.45) is 0 Å². The highest BCUT2D eigenvalue weighted by Crippen LogP contribution is 2.24. The molecule has 4 nitrogen and oxygen atoms in total. The van der Waals surface area contributed by atoms with Gasteiger partial charge in [0.1, 0.15) is 0 Å². The monoisotopic (exact) mass is 405 g/mol. The Morgan fingerprint density at radius 1 is 1.21 bits per heavy atom. The van der Waals surface area contributed by atoms with Gasteiger partial charge in [-0.2, -0.15) is 0 Å². The van der Waals surface area contributed by atoms with Crippen LogP contribution in [0.2, 0.25) is 0 Å². The van der Waals surface area contributed by atoms with Crippen LogP contribution >= 0.6 is 27.7 Å². The Bertz CT molecular complexity index is 761. The number of halogens is 1. The third-order valence-corrected chi connectivity index (χ3v) is 4.28. The van der Waals surface area contributed by atoms with Gasteiger partial charge in [-0.3, -0.25) is 4.79 Å². The number of ether oxygens (including phenoxy) is 1. The number of hydrogen-bond donors (Lipinski definition) is 1. The third kappa shape index (κ3) is 5.86. The summed E-state index contributed by atoms with van der Waals surface area (Å²) >= 11 is 4.89. The SMILES string of the molecule is CSc1ccccc1NC(=O)COC(=O)/C=C/c1cccc(Br)c1. The zero-order chi connectivity index (χ0) is 17.4. The van der Waals surface area contributed by atoms with E-state index in [9.17, 15) is 9.59 Å². The first-order valence-corrected chi connectivity index (χ1v) is 9.13. The number of thioether (sulfide) groups is 1. The van der Waals surface area contributed by atoms with Gasteiger partial charge in [-0.1, -0.05) is 40.2 Å². The van der Waals surface area contributed by atoms with Crippen LogP contribution in [0.3, 0.4) is 0 Å². The van der Waals surface area contributed by atoms with Gasteiger partial charge in [0, 0.05) is 15.4 Å². The number of carbonyl (C=O) groups excluding carboxylic acids is 2. The van der Waals surface area contributed by atoms with E-state index < -0.39 is 5.97 Å². The Kier molecular flexibility index (Phi) is 7.08. The first-order chi connectivity index (χ1) is 11.6. The second kappa shape index (κ2) is 9.30. The molecule has 6 heteroatoms. The van der Waals surface area contributed by atoms with E-state index in [4.69, 9.17) is 4.74 Å². The average Bonchev–Trinajstić information content (AvgIpc) is 2.58. The summed E-state index contributed by atoms with van der Waals surface area (Å²) in [5.74, 6) is -0.941. The van der Waals surface area contributed by atoms with E-state index in [1.165, 1.54) is 17.8 Å².